The van der Waals surface area contributed by atoms with E-state index in [0.29, 0.717) is 5.56 Å². The Morgan fingerprint density at radius 2 is 1.67 bits per heavy atom. The fourth-order valence-electron chi connectivity index (χ4n) is 3.05. The van der Waals surface area contributed by atoms with Gasteiger partial charge in [-0.05, 0) is 86.0 Å². The van der Waals surface area contributed by atoms with E-state index >= 15 is 0 Å². The number of fused-ring (bicyclic) bond motifs is 1. The summed E-state index contributed by atoms with van der Waals surface area (Å²) < 4.78 is 0. The molecule has 0 aliphatic rings. The molecule has 1 heterocycles. The van der Waals surface area contributed by atoms with Crippen LogP contribution < -0.4 is 5.32 Å². The molecular formula is C23H21N3O. The fraction of sp³-hybridized carbons (Fsp3) is 0.130. The molecule has 0 spiro atoms. The number of aromatic nitrogens is 2. The number of nitrogens with zero attached hydrogens (tertiary/aromatic N) is 1. The summed E-state index contributed by atoms with van der Waals surface area (Å²) in [6.07, 6.45) is 0. The molecule has 0 atom stereocenters. The molecule has 4 nitrogen and oxygen atoms in total. The molecule has 1 aromatic heterocycles. The van der Waals surface area contributed by atoms with Gasteiger partial charge in [0.25, 0.3) is 5.91 Å². The van der Waals surface area contributed by atoms with Crippen LogP contribution in [0.3, 0.4) is 0 Å². The average Bonchev–Trinajstić information content (AvgIpc) is 3.07. The Balaban J connectivity index is 1.54. The van der Waals surface area contributed by atoms with Crippen molar-refractivity contribution in [2.45, 2.75) is 20.8 Å². The number of imidazole rings is 1. The minimum absolute atomic E-state index is 0.106. The maximum Gasteiger partial charge on any atom is 0.255 e. The van der Waals surface area contributed by atoms with Crippen molar-refractivity contribution in [1.29, 1.82) is 0 Å². The lowest BCUT2D eigenvalue weighted by atomic mass is 10.1. The Bertz CT molecular complexity index is 1140. The van der Waals surface area contributed by atoms with E-state index in [1.165, 1.54) is 11.1 Å². The number of anilines is 1. The van der Waals surface area contributed by atoms with Crippen molar-refractivity contribution in [2.75, 3.05) is 5.32 Å². The maximum absolute atomic E-state index is 12.5. The van der Waals surface area contributed by atoms with Crippen LogP contribution in [-0.2, 0) is 0 Å². The van der Waals surface area contributed by atoms with Gasteiger partial charge in [0.15, 0.2) is 0 Å². The number of hydrogen-bond acceptors (Lipinski definition) is 2. The number of rotatable bonds is 3. The monoisotopic (exact) mass is 355 g/mol. The number of carbonyl (C=O) groups excluding carboxylic acids is 1. The molecule has 4 rings (SSSR count). The summed E-state index contributed by atoms with van der Waals surface area (Å²) in [6, 6.07) is 19.6. The predicted octanol–water partition coefficient (Wildman–Crippen LogP) is 5.41. The summed E-state index contributed by atoms with van der Waals surface area (Å²) in [7, 11) is 0. The van der Waals surface area contributed by atoms with Crippen LogP contribution in [0, 0.1) is 20.8 Å². The normalized spacial score (nSPS) is 10.9. The van der Waals surface area contributed by atoms with Crippen LogP contribution >= 0.6 is 0 Å². The molecule has 0 aliphatic heterocycles. The molecule has 0 saturated heterocycles. The number of benzene rings is 3. The van der Waals surface area contributed by atoms with Crippen molar-refractivity contribution in [3.63, 3.8) is 0 Å². The van der Waals surface area contributed by atoms with E-state index in [1.807, 2.05) is 62.4 Å². The molecule has 0 bridgehead atoms. The standard InChI is InChI=1S/C23H21N3O/c1-14-4-11-20-21(12-14)26-22(25-20)17-7-9-19(10-8-17)24-23(27)18-6-5-15(2)16(3)13-18/h4-13H,1-3H3,(H,24,27)(H,25,26). The minimum atomic E-state index is -0.106. The van der Waals surface area contributed by atoms with Crippen LogP contribution in [0.25, 0.3) is 22.4 Å². The van der Waals surface area contributed by atoms with Gasteiger partial charge >= 0.3 is 0 Å². The van der Waals surface area contributed by atoms with E-state index in [0.717, 1.165) is 33.7 Å². The molecule has 0 fully saturated rings. The Hall–Kier alpha value is -3.40. The zero-order valence-electron chi connectivity index (χ0n) is 15.6. The largest absolute Gasteiger partial charge is 0.338 e. The Kier molecular flexibility index (Phi) is 4.24. The number of hydrogen-bond donors (Lipinski definition) is 2. The molecule has 2 N–H and O–H groups in total. The van der Waals surface area contributed by atoms with Crippen LogP contribution in [0.15, 0.2) is 60.7 Å². The first-order valence-electron chi connectivity index (χ1n) is 8.95. The lowest BCUT2D eigenvalue weighted by Gasteiger charge is -2.08. The third-order valence-electron chi connectivity index (χ3n) is 4.82. The van der Waals surface area contributed by atoms with E-state index in [-0.39, 0.29) is 5.91 Å². The lowest BCUT2D eigenvalue weighted by Crippen LogP contribution is -2.12. The summed E-state index contributed by atoms with van der Waals surface area (Å²) in [4.78, 5) is 20.4. The Morgan fingerprint density at radius 3 is 2.41 bits per heavy atom. The van der Waals surface area contributed by atoms with E-state index in [1.54, 1.807) is 0 Å². The molecular weight excluding hydrogens is 334 g/mol. The SMILES string of the molecule is Cc1ccc2[nH]c(-c3ccc(NC(=O)c4ccc(C)c(C)c4)cc3)nc2c1. The molecule has 1 amide bonds. The van der Waals surface area contributed by atoms with Crippen molar-refractivity contribution in [3.8, 4) is 11.4 Å². The summed E-state index contributed by atoms with van der Waals surface area (Å²) in [5, 5.41) is 2.95. The van der Waals surface area contributed by atoms with Crippen molar-refractivity contribution in [2.24, 2.45) is 0 Å². The Morgan fingerprint density at radius 1 is 0.889 bits per heavy atom. The number of H-pyrrole nitrogens is 1. The summed E-state index contributed by atoms with van der Waals surface area (Å²) in [5.74, 6) is 0.715. The molecule has 27 heavy (non-hydrogen) atoms. The summed E-state index contributed by atoms with van der Waals surface area (Å²) in [6.45, 7) is 6.10. The quantitative estimate of drug-likeness (QED) is 0.516. The first-order valence-corrected chi connectivity index (χ1v) is 8.95. The number of nitrogens with one attached hydrogen (secondary N) is 2. The zero-order chi connectivity index (χ0) is 19.0. The van der Waals surface area contributed by atoms with Gasteiger partial charge in [-0.1, -0.05) is 12.1 Å². The highest BCUT2D eigenvalue weighted by molar-refractivity contribution is 6.04. The highest BCUT2D eigenvalue weighted by Gasteiger charge is 2.09. The number of aryl methyl sites for hydroxylation is 3. The highest BCUT2D eigenvalue weighted by Crippen LogP contribution is 2.23. The second kappa shape index (κ2) is 6.72. The third-order valence-corrected chi connectivity index (χ3v) is 4.82. The van der Waals surface area contributed by atoms with Crippen molar-refractivity contribution in [1.82, 2.24) is 9.97 Å². The number of carbonyl (C=O) groups is 1. The van der Waals surface area contributed by atoms with E-state index in [9.17, 15) is 4.79 Å². The van der Waals surface area contributed by atoms with Crippen molar-refractivity contribution >= 4 is 22.6 Å². The van der Waals surface area contributed by atoms with E-state index in [4.69, 9.17) is 0 Å². The molecule has 0 aliphatic carbocycles. The van der Waals surface area contributed by atoms with Gasteiger partial charge in [-0.3, -0.25) is 4.79 Å². The number of amides is 1. The fourth-order valence-corrected chi connectivity index (χ4v) is 3.05. The van der Waals surface area contributed by atoms with Gasteiger partial charge in [0.1, 0.15) is 5.82 Å². The molecule has 0 unspecified atom stereocenters. The van der Waals surface area contributed by atoms with Crippen LogP contribution in [0.5, 0.6) is 0 Å². The molecule has 134 valence electrons. The minimum Gasteiger partial charge on any atom is -0.338 e. The average molecular weight is 355 g/mol. The van der Waals surface area contributed by atoms with Gasteiger partial charge in [0.05, 0.1) is 11.0 Å². The van der Waals surface area contributed by atoms with Gasteiger partial charge in [-0.2, -0.15) is 0 Å². The first-order chi connectivity index (χ1) is 13.0. The van der Waals surface area contributed by atoms with Crippen LogP contribution in [0.4, 0.5) is 5.69 Å². The van der Waals surface area contributed by atoms with Gasteiger partial charge in [0, 0.05) is 16.8 Å². The smallest absolute Gasteiger partial charge is 0.255 e. The van der Waals surface area contributed by atoms with E-state index in [2.05, 4.69) is 34.3 Å². The third kappa shape index (κ3) is 3.47. The van der Waals surface area contributed by atoms with Crippen LogP contribution in [0.1, 0.15) is 27.0 Å². The van der Waals surface area contributed by atoms with Gasteiger partial charge in [-0.15, -0.1) is 0 Å². The molecule has 4 heteroatoms. The van der Waals surface area contributed by atoms with Crippen molar-refractivity contribution < 1.29 is 4.79 Å². The molecule has 3 aromatic carbocycles. The second-order valence-corrected chi connectivity index (χ2v) is 6.94. The van der Waals surface area contributed by atoms with Crippen molar-refractivity contribution in [3.05, 3.63) is 82.9 Å². The zero-order valence-corrected chi connectivity index (χ0v) is 15.6. The van der Waals surface area contributed by atoms with E-state index < -0.39 is 0 Å². The highest BCUT2D eigenvalue weighted by atomic mass is 16.1. The first kappa shape index (κ1) is 17.0. The molecule has 4 aromatic rings. The maximum atomic E-state index is 12.5. The van der Waals surface area contributed by atoms with Crippen LogP contribution in [-0.4, -0.2) is 15.9 Å². The number of aromatic amines is 1. The summed E-state index contributed by atoms with van der Waals surface area (Å²) >= 11 is 0. The second-order valence-electron chi connectivity index (χ2n) is 6.94. The van der Waals surface area contributed by atoms with Crippen LogP contribution in [0.2, 0.25) is 0 Å². The topological polar surface area (TPSA) is 57.8 Å². The summed E-state index contributed by atoms with van der Waals surface area (Å²) in [5.41, 5.74) is 7.84. The molecule has 0 radical (unpaired) electrons. The predicted molar refractivity (Wildman–Crippen MR) is 110 cm³/mol. The Labute approximate surface area is 158 Å². The molecule has 0 saturated carbocycles. The lowest BCUT2D eigenvalue weighted by molar-refractivity contribution is 0.102. The van der Waals surface area contributed by atoms with Gasteiger partial charge in [-0.25, -0.2) is 4.98 Å². The van der Waals surface area contributed by atoms with Gasteiger partial charge in [0.2, 0.25) is 0 Å². The van der Waals surface area contributed by atoms with Gasteiger partial charge < -0.3 is 10.3 Å².